The summed E-state index contributed by atoms with van der Waals surface area (Å²) in [5.74, 6) is 0.607. The molecule has 106 valence electrons. The number of hydrogen-bond acceptors (Lipinski definition) is 4. The predicted octanol–water partition coefficient (Wildman–Crippen LogP) is 1.09. The number of aromatic nitrogens is 2. The van der Waals surface area contributed by atoms with E-state index in [0.29, 0.717) is 5.82 Å². The Hall–Kier alpha value is -1.36. The normalized spacial score (nSPS) is 23.0. The number of aryl methyl sites for hydroxylation is 1. The van der Waals surface area contributed by atoms with Gasteiger partial charge in [0.05, 0.1) is 0 Å². The van der Waals surface area contributed by atoms with Crippen molar-refractivity contribution in [3.63, 3.8) is 0 Å². The van der Waals surface area contributed by atoms with Crippen LogP contribution in [0.15, 0.2) is 17.2 Å². The summed E-state index contributed by atoms with van der Waals surface area (Å²) in [5, 5.41) is 3.24. The molecule has 2 heterocycles. The van der Waals surface area contributed by atoms with E-state index in [1.165, 1.54) is 0 Å². The summed E-state index contributed by atoms with van der Waals surface area (Å²) in [5.41, 5.74) is 0.270. The molecule has 0 spiro atoms. The average molecular weight is 264 g/mol. The molecule has 5 heteroatoms. The van der Waals surface area contributed by atoms with E-state index < -0.39 is 0 Å². The molecule has 1 N–H and O–H groups in total. The van der Waals surface area contributed by atoms with Crippen LogP contribution in [-0.4, -0.2) is 36.2 Å². The van der Waals surface area contributed by atoms with E-state index in [1.807, 2.05) is 7.05 Å². The lowest BCUT2D eigenvalue weighted by atomic mass is 9.90. The molecule has 0 saturated carbocycles. The summed E-state index contributed by atoms with van der Waals surface area (Å²) >= 11 is 0. The van der Waals surface area contributed by atoms with Gasteiger partial charge in [0.25, 0.3) is 5.56 Å². The molecule has 0 bridgehead atoms. The molecule has 1 aliphatic rings. The van der Waals surface area contributed by atoms with Gasteiger partial charge in [-0.3, -0.25) is 4.79 Å². The Bertz CT molecular complexity index is 485. The Balaban J connectivity index is 2.20. The molecule has 2 rings (SSSR count). The first kappa shape index (κ1) is 14.1. The van der Waals surface area contributed by atoms with Gasteiger partial charge in [0, 0.05) is 38.6 Å². The second kappa shape index (κ2) is 5.74. The third-order valence-electron chi connectivity index (χ3n) is 3.82. The highest BCUT2D eigenvalue weighted by Crippen LogP contribution is 2.30. The molecular weight excluding hydrogens is 240 g/mol. The van der Waals surface area contributed by atoms with Gasteiger partial charge >= 0.3 is 0 Å². The van der Waals surface area contributed by atoms with Gasteiger partial charge in [0.2, 0.25) is 0 Å². The molecule has 0 amide bonds. The molecule has 19 heavy (non-hydrogen) atoms. The van der Waals surface area contributed by atoms with Crippen LogP contribution in [0, 0.1) is 5.41 Å². The SMILES string of the molecule is CCCn1ccnc(N2CCC(C)(CNC)C2)c1=O. The minimum atomic E-state index is 0.0399. The van der Waals surface area contributed by atoms with Crippen molar-refractivity contribution in [2.75, 3.05) is 31.6 Å². The van der Waals surface area contributed by atoms with Crippen LogP contribution >= 0.6 is 0 Å². The van der Waals surface area contributed by atoms with Crippen LogP contribution in [0.5, 0.6) is 0 Å². The summed E-state index contributed by atoms with van der Waals surface area (Å²) in [6.07, 6.45) is 5.57. The first-order valence-electron chi connectivity index (χ1n) is 7.04. The van der Waals surface area contributed by atoms with E-state index in [1.54, 1.807) is 17.0 Å². The van der Waals surface area contributed by atoms with E-state index in [4.69, 9.17) is 0 Å². The van der Waals surface area contributed by atoms with Gasteiger partial charge in [-0.1, -0.05) is 13.8 Å². The number of rotatable bonds is 5. The van der Waals surface area contributed by atoms with E-state index in [-0.39, 0.29) is 11.0 Å². The van der Waals surface area contributed by atoms with E-state index in [9.17, 15) is 4.79 Å². The van der Waals surface area contributed by atoms with Crippen molar-refractivity contribution in [1.82, 2.24) is 14.9 Å². The fraction of sp³-hybridized carbons (Fsp3) is 0.714. The van der Waals surface area contributed by atoms with Gasteiger partial charge in [-0.2, -0.15) is 0 Å². The van der Waals surface area contributed by atoms with Crippen molar-refractivity contribution in [2.24, 2.45) is 5.41 Å². The third kappa shape index (κ3) is 2.97. The zero-order valence-corrected chi connectivity index (χ0v) is 12.1. The van der Waals surface area contributed by atoms with Gasteiger partial charge in [-0.25, -0.2) is 4.98 Å². The highest BCUT2D eigenvalue weighted by Gasteiger charge is 2.34. The summed E-state index contributed by atoms with van der Waals surface area (Å²) in [7, 11) is 1.98. The molecule has 0 radical (unpaired) electrons. The molecule has 1 atom stereocenters. The molecule has 1 aliphatic heterocycles. The Labute approximate surface area is 114 Å². The van der Waals surface area contributed by atoms with Gasteiger partial charge in [0.15, 0.2) is 5.82 Å². The van der Waals surface area contributed by atoms with Gasteiger partial charge < -0.3 is 14.8 Å². The molecular formula is C14H24N4O. The van der Waals surface area contributed by atoms with Crippen LogP contribution in [0.2, 0.25) is 0 Å². The van der Waals surface area contributed by atoms with Crippen molar-refractivity contribution in [3.8, 4) is 0 Å². The van der Waals surface area contributed by atoms with Crippen molar-refractivity contribution >= 4 is 5.82 Å². The maximum atomic E-state index is 12.4. The molecule has 0 aromatic carbocycles. The lowest BCUT2D eigenvalue weighted by Gasteiger charge is -2.24. The first-order chi connectivity index (χ1) is 9.09. The monoisotopic (exact) mass is 264 g/mol. The lowest BCUT2D eigenvalue weighted by Crippen LogP contribution is -2.36. The first-order valence-corrected chi connectivity index (χ1v) is 7.04. The zero-order valence-electron chi connectivity index (χ0n) is 12.1. The van der Waals surface area contributed by atoms with E-state index >= 15 is 0 Å². The number of anilines is 1. The quantitative estimate of drug-likeness (QED) is 0.865. The molecule has 1 aromatic rings. The molecule has 1 unspecified atom stereocenters. The van der Waals surface area contributed by atoms with Crippen LogP contribution in [0.4, 0.5) is 5.82 Å². The second-order valence-corrected chi connectivity index (χ2v) is 5.76. The fourth-order valence-corrected chi connectivity index (χ4v) is 2.85. The number of hydrogen-bond donors (Lipinski definition) is 1. The van der Waals surface area contributed by atoms with Gasteiger partial charge in [-0.05, 0) is 25.3 Å². The molecule has 1 fully saturated rings. The van der Waals surface area contributed by atoms with E-state index in [2.05, 4.69) is 29.0 Å². The highest BCUT2D eigenvalue weighted by atomic mass is 16.1. The Kier molecular flexibility index (Phi) is 4.24. The molecule has 1 saturated heterocycles. The largest absolute Gasteiger partial charge is 0.351 e. The van der Waals surface area contributed by atoms with Crippen molar-refractivity contribution in [2.45, 2.75) is 33.2 Å². The smallest absolute Gasteiger partial charge is 0.293 e. The lowest BCUT2D eigenvalue weighted by molar-refractivity contribution is 0.355. The van der Waals surface area contributed by atoms with Crippen LogP contribution in [0.3, 0.4) is 0 Å². The minimum absolute atomic E-state index is 0.0399. The maximum Gasteiger partial charge on any atom is 0.293 e. The zero-order chi connectivity index (χ0) is 13.9. The summed E-state index contributed by atoms with van der Waals surface area (Å²) in [4.78, 5) is 18.8. The van der Waals surface area contributed by atoms with Gasteiger partial charge in [-0.15, -0.1) is 0 Å². The standard InChI is InChI=1S/C14H24N4O/c1-4-7-17-9-6-16-12(13(17)19)18-8-5-14(2,11-18)10-15-3/h6,9,15H,4-5,7-8,10-11H2,1-3H3. The maximum absolute atomic E-state index is 12.4. The van der Waals surface area contributed by atoms with Crippen LogP contribution in [-0.2, 0) is 6.54 Å². The Morgan fingerprint density at radius 1 is 1.53 bits per heavy atom. The topological polar surface area (TPSA) is 50.2 Å². The van der Waals surface area contributed by atoms with Crippen molar-refractivity contribution in [3.05, 3.63) is 22.7 Å². The minimum Gasteiger partial charge on any atom is -0.351 e. The van der Waals surface area contributed by atoms with E-state index in [0.717, 1.165) is 39.0 Å². The van der Waals surface area contributed by atoms with Crippen molar-refractivity contribution in [1.29, 1.82) is 0 Å². The molecule has 1 aromatic heterocycles. The van der Waals surface area contributed by atoms with Crippen LogP contribution < -0.4 is 15.8 Å². The summed E-state index contributed by atoms with van der Waals surface area (Å²) in [6.45, 7) is 7.88. The van der Waals surface area contributed by atoms with Crippen molar-refractivity contribution < 1.29 is 0 Å². The Morgan fingerprint density at radius 3 is 3.00 bits per heavy atom. The summed E-state index contributed by atoms with van der Waals surface area (Å²) in [6, 6.07) is 0. The fourth-order valence-electron chi connectivity index (χ4n) is 2.85. The third-order valence-corrected chi connectivity index (χ3v) is 3.82. The average Bonchev–Trinajstić information content (AvgIpc) is 2.75. The Morgan fingerprint density at radius 2 is 2.32 bits per heavy atom. The van der Waals surface area contributed by atoms with Gasteiger partial charge in [0.1, 0.15) is 0 Å². The molecule has 0 aliphatic carbocycles. The predicted molar refractivity (Wildman–Crippen MR) is 77.7 cm³/mol. The second-order valence-electron chi connectivity index (χ2n) is 5.76. The van der Waals surface area contributed by atoms with Crippen LogP contribution in [0.25, 0.3) is 0 Å². The number of nitrogens with one attached hydrogen (secondary N) is 1. The summed E-state index contributed by atoms with van der Waals surface area (Å²) < 4.78 is 1.76. The van der Waals surface area contributed by atoms with Crippen LogP contribution in [0.1, 0.15) is 26.7 Å². The molecule has 5 nitrogen and oxygen atoms in total. The number of nitrogens with zero attached hydrogens (tertiary/aromatic N) is 3. The highest BCUT2D eigenvalue weighted by molar-refractivity contribution is 5.38.